The minimum Gasteiger partial charge on any atom is -0.381 e. The monoisotopic (exact) mass is 212 g/mol. The van der Waals surface area contributed by atoms with Gasteiger partial charge in [0.15, 0.2) is 0 Å². The van der Waals surface area contributed by atoms with Crippen LogP contribution < -0.4 is 5.32 Å². The molecular weight excluding hydrogens is 188 g/mol. The number of methoxy groups -OCH3 is 1. The van der Waals surface area contributed by atoms with Gasteiger partial charge in [0, 0.05) is 25.7 Å². The molecule has 1 saturated carbocycles. The van der Waals surface area contributed by atoms with E-state index in [9.17, 15) is 0 Å². The molecule has 0 aromatic rings. The molecule has 1 atom stereocenters. The molecule has 2 rings (SSSR count). The van der Waals surface area contributed by atoms with Crippen LogP contribution in [0.3, 0.4) is 0 Å². The third-order valence-corrected chi connectivity index (χ3v) is 4.16. The number of hydrogen-bond donors (Lipinski definition) is 1. The topological polar surface area (TPSA) is 24.5 Å². The fraction of sp³-hybridized carbons (Fsp3) is 1.00. The number of hydrogen-bond acceptors (Lipinski definition) is 3. The van der Waals surface area contributed by atoms with Crippen molar-refractivity contribution in [1.82, 2.24) is 10.2 Å². The Morgan fingerprint density at radius 2 is 1.80 bits per heavy atom. The van der Waals surface area contributed by atoms with E-state index in [-0.39, 0.29) is 0 Å². The van der Waals surface area contributed by atoms with Crippen molar-refractivity contribution in [2.45, 2.75) is 50.3 Å². The summed E-state index contributed by atoms with van der Waals surface area (Å²) in [5.41, 5.74) is 0. The molecule has 0 bridgehead atoms. The summed E-state index contributed by atoms with van der Waals surface area (Å²) in [5.74, 6) is 0. The molecule has 88 valence electrons. The van der Waals surface area contributed by atoms with Gasteiger partial charge in [0.25, 0.3) is 0 Å². The third kappa shape index (κ3) is 2.71. The van der Waals surface area contributed by atoms with Gasteiger partial charge in [-0.1, -0.05) is 0 Å². The average Bonchev–Trinajstić information content (AvgIpc) is 2.82. The lowest BCUT2D eigenvalue weighted by molar-refractivity contribution is 0.0365. The molecule has 0 spiro atoms. The fourth-order valence-corrected chi connectivity index (χ4v) is 2.97. The summed E-state index contributed by atoms with van der Waals surface area (Å²) in [7, 11) is 4.14. The molecule has 15 heavy (non-hydrogen) atoms. The van der Waals surface area contributed by atoms with E-state index < -0.39 is 0 Å². The minimum atomic E-state index is 0.524. The Kier molecular flexibility index (Phi) is 4.00. The zero-order valence-electron chi connectivity index (χ0n) is 10.0. The number of rotatable bonds is 3. The van der Waals surface area contributed by atoms with Crippen molar-refractivity contribution in [2.75, 3.05) is 27.2 Å². The lowest BCUT2D eigenvalue weighted by atomic mass is 9.91. The number of nitrogens with zero attached hydrogens (tertiary/aromatic N) is 1. The van der Waals surface area contributed by atoms with Gasteiger partial charge >= 0.3 is 0 Å². The molecule has 1 saturated heterocycles. The molecule has 0 amide bonds. The van der Waals surface area contributed by atoms with E-state index in [2.05, 4.69) is 17.3 Å². The van der Waals surface area contributed by atoms with Crippen molar-refractivity contribution in [3.05, 3.63) is 0 Å². The van der Waals surface area contributed by atoms with Crippen LogP contribution in [0.2, 0.25) is 0 Å². The van der Waals surface area contributed by atoms with Crippen molar-refractivity contribution in [1.29, 1.82) is 0 Å². The molecule has 0 aromatic heterocycles. The zero-order chi connectivity index (χ0) is 10.7. The molecular formula is C12H24N2O. The third-order valence-electron chi connectivity index (χ3n) is 4.16. The number of likely N-dealkylation sites (N-methyl/N-ethyl adjacent to an activating group) is 1. The number of nitrogens with one attached hydrogen (secondary N) is 1. The molecule has 3 nitrogen and oxygen atoms in total. The van der Waals surface area contributed by atoms with Crippen LogP contribution >= 0.6 is 0 Å². The van der Waals surface area contributed by atoms with Gasteiger partial charge in [-0.3, -0.25) is 4.90 Å². The summed E-state index contributed by atoms with van der Waals surface area (Å²) in [6.07, 6.45) is 6.95. The highest BCUT2D eigenvalue weighted by Gasteiger charge is 2.28. The smallest absolute Gasteiger partial charge is 0.0572 e. The first kappa shape index (κ1) is 11.4. The van der Waals surface area contributed by atoms with Gasteiger partial charge in [-0.15, -0.1) is 0 Å². The highest BCUT2D eigenvalue weighted by atomic mass is 16.5. The van der Waals surface area contributed by atoms with Crippen LogP contribution in [0.15, 0.2) is 0 Å². The van der Waals surface area contributed by atoms with Crippen molar-refractivity contribution in [2.24, 2.45) is 0 Å². The zero-order valence-corrected chi connectivity index (χ0v) is 10.0. The maximum atomic E-state index is 5.41. The van der Waals surface area contributed by atoms with Gasteiger partial charge in [-0.25, -0.2) is 0 Å². The van der Waals surface area contributed by atoms with Crippen molar-refractivity contribution in [3.8, 4) is 0 Å². The summed E-state index contributed by atoms with van der Waals surface area (Å²) >= 11 is 0. The molecule has 1 heterocycles. The standard InChI is InChI=1S/C12H24N2O/c1-14(11-7-8-13-9-11)10-3-5-12(15-2)6-4-10/h10-13H,3-9H2,1-2H3. The van der Waals surface area contributed by atoms with Crippen LogP contribution in [0.25, 0.3) is 0 Å². The minimum absolute atomic E-state index is 0.524. The Labute approximate surface area is 93.2 Å². The van der Waals surface area contributed by atoms with E-state index in [0.29, 0.717) is 6.10 Å². The average molecular weight is 212 g/mol. The van der Waals surface area contributed by atoms with E-state index in [0.717, 1.165) is 12.1 Å². The predicted octanol–water partition coefficient (Wildman–Crippen LogP) is 1.24. The first-order valence-electron chi connectivity index (χ1n) is 6.26. The summed E-state index contributed by atoms with van der Waals surface area (Å²) in [5, 5.41) is 3.45. The van der Waals surface area contributed by atoms with E-state index in [1.165, 1.54) is 45.2 Å². The fourth-order valence-electron chi connectivity index (χ4n) is 2.97. The van der Waals surface area contributed by atoms with Crippen LogP contribution in [0, 0.1) is 0 Å². The summed E-state index contributed by atoms with van der Waals surface area (Å²) < 4.78 is 5.41. The highest BCUT2D eigenvalue weighted by molar-refractivity contribution is 4.86. The van der Waals surface area contributed by atoms with E-state index in [1.807, 2.05) is 7.11 Å². The normalized spacial score (nSPS) is 37.4. The maximum Gasteiger partial charge on any atom is 0.0572 e. The lowest BCUT2D eigenvalue weighted by Gasteiger charge is -2.37. The van der Waals surface area contributed by atoms with Crippen molar-refractivity contribution >= 4 is 0 Å². The van der Waals surface area contributed by atoms with Gasteiger partial charge in [0.2, 0.25) is 0 Å². The summed E-state index contributed by atoms with van der Waals surface area (Å²) in [6.45, 7) is 2.38. The Balaban J connectivity index is 1.78. The maximum absolute atomic E-state index is 5.41. The lowest BCUT2D eigenvalue weighted by Crippen LogP contribution is -2.43. The van der Waals surface area contributed by atoms with Crippen LogP contribution in [-0.2, 0) is 4.74 Å². The molecule has 0 radical (unpaired) electrons. The first-order valence-corrected chi connectivity index (χ1v) is 6.26. The van der Waals surface area contributed by atoms with Crippen molar-refractivity contribution in [3.63, 3.8) is 0 Å². The molecule has 1 N–H and O–H groups in total. The molecule has 1 unspecified atom stereocenters. The van der Waals surface area contributed by atoms with Crippen molar-refractivity contribution < 1.29 is 4.74 Å². The SMILES string of the molecule is COC1CCC(N(C)C2CCNC2)CC1. The van der Waals surface area contributed by atoms with Crippen LogP contribution in [0.5, 0.6) is 0 Å². The van der Waals surface area contributed by atoms with Gasteiger partial charge < -0.3 is 10.1 Å². The molecule has 2 fully saturated rings. The van der Waals surface area contributed by atoms with Gasteiger partial charge in [-0.05, 0) is 45.7 Å². The predicted molar refractivity (Wildman–Crippen MR) is 62.1 cm³/mol. The molecule has 1 aliphatic carbocycles. The Bertz CT molecular complexity index is 184. The second-order valence-electron chi connectivity index (χ2n) is 4.98. The summed E-state index contributed by atoms with van der Waals surface area (Å²) in [6, 6.07) is 1.57. The van der Waals surface area contributed by atoms with E-state index in [4.69, 9.17) is 4.74 Å². The number of ether oxygens (including phenoxy) is 1. The van der Waals surface area contributed by atoms with Gasteiger partial charge in [0.1, 0.15) is 0 Å². The first-order chi connectivity index (χ1) is 7.31. The van der Waals surface area contributed by atoms with Crippen LogP contribution in [0.4, 0.5) is 0 Å². The Morgan fingerprint density at radius 1 is 1.07 bits per heavy atom. The molecule has 2 aliphatic rings. The molecule has 0 aromatic carbocycles. The van der Waals surface area contributed by atoms with Crippen LogP contribution in [-0.4, -0.2) is 50.3 Å². The molecule has 3 heteroatoms. The quantitative estimate of drug-likeness (QED) is 0.762. The Hall–Kier alpha value is -0.120. The Morgan fingerprint density at radius 3 is 2.33 bits per heavy atom. The van der Waals surface area contributed by atoms with Gasteiger partial charge in [-0.2, -0.15) is 0 Å². The van der Waals surface area contributed by atoms with E-state index >= 15 is 0 Å². The van der Waals surface area contributed by atoms with Gasteiger partial charge in [0.05, 0.1) is 6.10 Å². The van der Waals surface area contributed by atoms with Crippen LogP contribution in [0.1, 0.15) is 32.1 Å². The summed E-state index contributed by atoms with van der Waals surface area (Å²) in [4.78, 5) is 2.60. The second-order valence-corrected chi connectivity index (χ2v) is 4.98. The highest BCUT2D eigenvalue weighted by Crippen LogP contribution is 2.26. The molecule has 1 aliphatic heterocycles. The largest absolute Gasteiger partial charge is 0.381 e. The second kappa shape index (κ2) is 5.28. The van der Waals surface area contributed by atoms with E-state index in [1.54, 1.807) is 0 Å².